The van der Waals surface area contributed by atoms with E-state index in [9.17, 15) is 0 Å². The van der Waals surface area contributed by atoms with Gasteiger partial charge in [0.05, 0.1) is 17.8 Å². The maximum atomic E-state index is 5.54. The van der Waals surface area contributed by atoms with Crippen LogP contribution in [0.25, 0.3) is 0 Å². The number of thioether (sulfide) groups is 1. The van der Waals surface area contributed by atoms with Gasteiger partial charge in [0, 0.05) is 31.1 Å². The van der Waals surface area contributed by atoms with E-state index in [4.69, 9.17) is 16.6 Å². The van der Waals surface area contributed by atoms with Crippen molar-refractivity contribution in [3.05, 3.63) is 41.4 Å². The second kappa shape index (κ2) is 9.74. The van der Waals surface area contributed by atoms with Crippen molar-refractivity contribution in [2.75, 3.05) is 18.8 Å². The fourth-order valence-electron chi connectivity index (χ4n) is 2.26. The summed E-state index contributed by atoms with van der Waals surface area (Å²) in [5.41, 5.74) is 2.34. The van der Waals surface area contributed by atoms with Crippen LogP contribution in [0.3, 0.4) is 0 Å². The lowest BCUT2D eigenvalue weighted by molar-refractivity contribution is 0.501. The number of hydrogen-bond donors (Lipinski definition) is 2. The molecule has 0 spiro atoms. The smallest absolute Gasteiger partial charge is 0.166 e. The first-order valence-electron chi connectivity index (χ1n) is 8.19. The molecule has 2 heterocycles. The highest BCUT2D eigenvalue weighted by Crippen LogP contribution is 2.14. The molecule has 2 aromatic heterocycles. The maximum Gasteiger partial charge on any atom is 0.166 e. The Hall–Kier alpha value is -1.47. The van der Waals surface area contributed by atoms with E-state index in [-0.39, 0.29) is 0 Å². The summed E-state index contributed by atoms with van der Waals surface area (Å²) in [6, 6.07) is 4.03. The van der Waals surface area contributed by atoms with Crippen molar-refractivity contribution in [3.63, 3.8) is 0 Å². The zero-order valence-corrected chi connectivity index (χ0v) is 16.2. The van der Waals surface area contributed by atoms with Crippen LogP contribution in [-0.2, 0) is 12.3 Å². The molecule has 7 heteroatoms. The van der Waals surface area contributed by atoms with E-state index in [1.54, 1.807) is 0 Å². The third kappa shape index (κ3) is 6.20. The van der Waals surface area contributed by atoms with Gasteiger partial charge in [-0.3, -0.25) is 0 Å². The fourth-order valence-corrected chi connectivity index (χ4v) is 3.21. The average Bonchev–Trinajstić information content (AvgIpc) is 3.11. The number of nitrogens with zero attached hydrogens (tertiary/aromatic N) is 2. The zero-order valence-electron chi connectivity index (χ0n) is 14.6. The molecule has 0 aliphatic carbocycles. The van der Waals surface area contributed by atoms with Crippen LogP contribution in [0.4, 0.5) is 0 Å². The van der Waals surface area contributed by atoms with Crippen LogP contribution in [0.1, 0.15) is 29.3 Å². The summed E-state index contributed by atoms with van der Waals surface area (Å²) in [5.74, 6) is 3.90. The van der Waals surface area contributed by atoms with Crippen molar-refractivity contribution in [2.45, 2.75) is 39.5 Å². The number of furan rings is 1. The minimum atomic E-state index is 0.725. The number of thiocarbonyl (C=S) groups is 1. The molecular weight excluding hydrogens is 340 g/mol. The molecule has 0 bridgehead atoms. The van der Waals surface area contributed by atoms with Crippen molar-refractivity contribution >= 4 is 29.1 Å². The summed E-state index contributed by atoms with van der Waals surface area (Å²) in [5, 5.41) is 7.21. The number of aromatic nitrogens is 2. The Morgan fingerprint density at radius 3 is 2.71 bits per heavy atom. The summed E-state index contributed by atoms with van der Waals surface area (Å²) in [6.07, 6.45) is 2.92. The lowest BCUT2D eigenvalue weighted by Crippen LogP contribution is -2.37. The molecule has 0 aromatic carbocycles. The fraction of sp³-hybridized carbons (Fsp3) is 0.529. The topological polar surface area (TPSA) is 55.0 Å². The van der Waals surface area contributed by atoms with Crippen LogP contribution in [0.15, 0.2) is 22.9 Å². The molecule has 0 aliphatic rings. The molecule has 2 N–H and O–H groups in total. The van der Waals surface area contributed by atoms with Gasteiger partial charge in [0.1, 0.15) is 11.5 Å². The van der Waals surface area contributed by atoms with Crippen molar-refractivity contribution < 1.29 is 4.42 Å². The highest BCUT2D eigenvalue weighted by molar-refractivity contribution is 7.98. The average molecular weight is 367 g/mol. The van der Waals surface area contributed by atoms with Gasteiger partial charge in [0.15, 0.2) is 5.11 Å². The van der Waals surface area contributed by atoms with Gasteiger partial charge in [-0.25, -0.2) is 4.98 Å². The number of nitrogens with one attached hydrogen (secondary N) is 2. The lowest BCUT2D eigenvalue weighted by atomic mass is 10.3. The molecule has 0 fully saturated rings. The Morgan fingerprint density at radius 2 is 2.04 bits per heavy atom. The van der Waals surface area contributed by atoms with Gasteiger partial charge in [-0.2, -0.15) is 11.8 Å². The van der Waals surface area contributed by atoms with Gasteiger partial charge in [0.2, 0.25) is 0 Å². The number of rotatable bonds is 9. The highest BCUT2D eigenvalue weighted by Gasteiger charge is 2.02. The molecule has 2 rings (SSSR count). The summed E-state index contributed by atoms with van der Waals surface area (Å²) in [6.45, 7) is 8.78. The Labute approximate surface area is 153 Å². The Bertz CT molecular complexity index is 651. The molecule has 0 radical (unpaired) electrons. The Balaban J connectivity index is 1.48. The minimum Gasteiger partial charge on any atom is -0.466 e. The van der Waals surface area contributed by atoms with Crippen LogP contribution in [0.2, 0.25) is 0 Å². The molecule has 0 saturated heterocycles. The van der Waals surface area contributed by atoms with E-state index < -0.39 is 0 Å². The molecule has 5 nitrogen and oxygen atoms in total. The van der Waals surface area contributed by atoms with Gasteiger partial charge in [-0.15, -0.1) is 0 Å². The van der Waals surface area contributed by atoms with E-state index in [0.717, 1.165) is 59.9 Å². The van der Waals surface area contributed by atoms with E-state index in [1.807, 2.05) is 44.1 Å². The molecule has 0 unspecified atom stereocenters. The van der Waals surface area contributed by atoms with E-state index >= 15 is 0 Å². The van der Waals surface area contributed by atoms with E-state index in [2.05, 4.69) is 27.1 Å². The maximum absolute atomic E-state index is 5.54. The number of aryl methyl sites for hydroxylation is 3. The van der Waals surface area contributed by atoms with Crippen LogP contribution >= 0.6 is 24.0 Å². The quantitative estimate of drug-likeness (QED) is 0.525. The largest absolute Gasteiger partial charge is 0.466 e. The van der Waals surface area contributed by atoms with Crippen molar-refractivity contribution in [2.24, 2.45) is 0 Å². The predicted octanol–water partition coefficient (Wildman–Crippen LogP) is 3.19. The summed E-state index contributed by atoms with van der Waals surface area (Å²) in [7, 11) is 0. The predicted molar refractivity (Wildman–Crippen MR) is 105 cm³/mol. The minimum absolute atomic E-state index is 0.725. The van der Waals surface area contributed by atoms with Gasteiger partial charge in [0.25, 0.3) is 0 Å². The normalized spacial score (nSPS) is 10.8. The first kappa shape index (κ1) is 18.9. The Kier molecular flexibility index (Phi) is 7.65. The molecule has 0 saturated carbocycles. The van der Waals surface area contributed by atoms with Crippen molar-refractivity contribution in [1.82, 2.24) is 20.2 Å². The van der Waals surface area contributed by atoms with Crippen LogP contribution in [0, 0.1) is 20.8 Å². The van der Waals surface area contributed by atoms with Gasteiger partial charge in [-0.05, 0) is 51.5 Å². The summed E-state index contributed by atoms with van der Waals surface area (Å²) in [4.78, 5) is 4.31. The number of hydrogen-bond acceptors (Lipinski definition) is 4. The van der Waals surface area contributed by atoms with E-state index in [1.165, 1.54) is 5.69 Å². The molecule has 132 valence electrons. The molecule has 0 aliphatic heterocycles. The standard InChI is InChI=1S/C17H26N4OS2/c1-13-5-6-16(22-13)11-24-10-8-19-17(23)18-7-4-9-21-12-20-14(2)15(21)3/h5-6,12H,4,7-11H2,1-3H3,(H2,18,19,23). The summed E-state index contributed by atoms with van der Waals surface area (Å²) < 4.78 is 7.72. The van der Waals surface area contributed by atoms with Gasteiger partial charge < -0.3 is 19.6 Å². The van der Waals surface area contributed by atoms with Crippen molar-refractivity contribution in [1.29, 1.82) is 0 Å². The first-order valence-corrected chi connectivity index (χ1v) is 9.75. The van der Waals surface area contributed by atoms with Crippen molar-refractivity contribution in [3.8, 4) is 0 Å². The Morgan fingerprint density at radius 1 is 1.25 bits per heavy atom. The molecule has 0 atom stereocenters. The number of imidazole rings is 1. The third-order valence-corrected chi connectivity index (χ3v) is 5.05. The molecule has 2 aromatic rings. The SMILES string of the molecule is Cc1ccc(CSCCNC(=S)NCCCn2cnc(C)c2C)o1. The highest BCUT2D eigenvalue weighted by atomic mass is 32.2. The van der Waals surface area contributed by atoms with E-state index in [0.29, 0.717) is 0 Å². The van der Waals surface area contributed by atoms with Gasteiger partial charge in [-0.1, -0.05) is 0 Å². The lowest BCUT2D eigenvalue weighted by Gasteiger charge is -2.11. The second-order valence-electron chi connectivity index (χ2n) is 5.71. The third-order valence-electron chi connectivity index (χ3n) is 3.78. The molecule has 0 amide bonds. The van der Waals surface area contributed by atoms with Crippen LogP contribution in [0.5, 0.6) is 0 Å². The van der Waals surface area contributed by atoms with Crippen LogP contribution in [-0.4, -0.2) is 33.5 Å². The molecule has 24 heavy (non-hydrogen) atoms. The first-order chi connectivity index (χ1) is 11.6. The van der Waals surface area contributed by atoms with Crippen LogP contribution < -0.4 is 10.6 Å². The zero-order chi connectivity index (χ0) is 17.4. The monoisotopic (exact) mass is 366 g/mol. The summed E-state index contributed by atoms with van der Waals surface area (Å²) >= 11 is 7.13. The second-order valence-corrected chi connectivity index (χ2v) is 7.22. The van der Waals surface area contributed by atoms with Gasteiger partial charge >= 0.3 is 0 Å². The molecular formula is C17H26N4OS2.